The van der Waals surface area contributed by atoms with Crippen LogP contribution in [0.1, 0.15) is 56.7 Å². The number of aliphatic hydroxyl groups is 1. The van der Waals surface area contributed by atoms with Crippen LogP contribution in [0.3, 0.4) is 0 Å². The fourth-order valence-corrected chi connectivity index (χ4v) is 4.31. The molecule has 4 nitrogen and oxygen atoms in total. The van der Waals surface area contributed by atoms with Gasteiger partial charge in [-0.3, -0.25) is 4.99 Å². The lowest BCUT2D eigenvalue weighted by Gasteiger charge is -2.29. The van der Waals surface area contributed by atoms with Crippen LogP contribution in [0.5, 0.6) is 0 Å². The Morgan fingerprint density at radius 1 is 1.32 bits per heavy atom. The minimum atomic E-state index is -0.373. The lowest BCUT2D eigenvalue weighted by atomic mass is 9.82. The number of aliphatic hydroxyl groups excluding tert-OH is 1. The second-order valence-corrected chi connectivity index (χ2v) is 6.72. The number of rotatable bonds is 3. The van der Waals surface area contributed by atoms with Crippen LogP contribution in [0.4, 0.5) is 4.39 Å². The van der Waals surface area contributed by atoms with Crippen molar-refractivity contribution in [2.24, 2.45) is 10.9 Å². The third-order valence-electron chi connectivity index (χ3n) is 5.46. The number of allylic oxidation sites excluding steroid dienone is 1. The Balaban J connectivity index is 1.60. The highest BCUT2D eigenvalue weighted by Crippen LogP contribution is 2.44. The maximum Gasteiger partial charge on any atom is 0.214 e. The normalized spacial score (nSPS) is 26.6. The number of nitrogens with zero attached hydrogens (tertiary/aromatic N) is 3. The zero-order chi connectivity index (χ0) is 15.1. The lowest BCUT2D eigenvalue weighted by Crippen LogP contribution is -2.27. The zero-order valence-electron chi connectivity index (χ0n) is 12.7. The molecule has 22 heavy (non-hydrogen) atoms. The largest absolute Gasteiger partial charge is 0.393 e. The molecule has 1 saturated carbocycles. The highest BCUT2D eigenvalue weighted by atomic mass is 19.1. The Bertz CT molecular complexity index is 628. The number of imidazole rings is 1. The van der Waals surface area contributed by atoms with Gasteiger partial charge in [-0.05, 0) is 37.2 Å². The van der Waals surface area contributed by atoms with E-state index in [4.69, 9.17) is 0 Å². The van der Waals surface area contributed by atoms with Gasteiger partial charge < -0.3 is 9.67 Å². The summed E-state index contributed by atoms with van der Waals surface area (Å²) in [7, 11) is 0. The number of fused-ring (bicyclic) bond motifs is 2. The van der Waals surface area contributed by atoms with Crippen LogP contribution < -0.4 is 0 Å². The van der Waals surface area contributed by atoms with Gasteiger partial charge in [0.05, 0.1) is 30.4 Å². The van der Waals surface area contributed by atoms with Gasteiger partial charge in [-0.25, -0.2) is 4.98 Å². The van der Waals surface area contributed by atoms with Gasteiger partial charge in [-0.1, -0.05) is 19.3 Å². The van der Waals surface area contributed by atoms with Crippen LogP contribution in [0.2, 0.25) is 0 Å². The van der Waals surface area contributed by atoms with Crippen molar-refractivity contribution in [3.63, 3.8) is 0 Å². The van der Waals surface area contributed by atoms with Crippen molar-refractivity contribution >= 4 is 11.5 Å². The molecule has 1 aromatic rings. The highest BCUT2D eigenvalue weighted by Gasteiger charge is 2.38. The third kappa shape index (κ3) is 2.22. The molecule has 118 valence electrons. The first-order valence-electron chi connectivity index (χ1n) is 8.39. The van der Waals surface area contributed by atoms with Crippen molar-refractivity contribution in [2.45, 2.75) is 57.1 Å². The van der Waals surface area contributed by atoms with Crippen LogP contribution in [0.25, 0.3) is 5.57 Å². The number of aliphatic imine (C=N–C) groups is 1. The van der Waals surface area contributed by atoms with E-state index in [1.54, 1.807) is 12.5 Å². The fraction of sp³-hybridized carbons (Fsp3) is 0.647. The number of dihydropyridines is 1. The van der Waals surface area contributed by atoms with E-state index in [0.717, 1.165) is 30.5 Å². The summed E-state index contributed by atoms with van der Waals surface area (Å²) in [6, 6.07) is -0.145. The molecule has 3 heterocycles. The molecule has 1 aliphatic carbocycles. The SMILES string of the molecule is OC(CC1C2=C(CCN=C2F)c2cncn21)C1CCCCC1. The van der Waals surface area contributed by atoms with Crippen LogP contribution in [0, 0.1) is 5.92 Å². The Kier molecular flexibility index (Phi) is 3.60. The molecule has 3 aliphatic rings. The molecule has 1 aromatic heterocycles. The van der Waals surface area contributed by atoms with E-state index in [-0.39, 0.29) is 18.1 Å². The summed E-state index contributed by atoms with van der Waals surface area (Å²) in [6.07, 6.45) is 10.4. The van der Waals surface area contributed by atoms with Crippen molar-refractivity contribution in [3.05, 3.63) is 23.8 Å². The van der Waals surface area contributed by atoms with E-state index in [1.165, 1.54) is 19.3 Å². The number of aromatic nitrogens is 2. The lowest BCUT2D eigenvalue weighted by molar-refractivity contribution is 0.0684. The maximum atomic E-state index is 14.3. The van der Waals surface area contributed by atoms with Gasteiger partial charge in [-0.2, -0.15) is 4.39 Å². The first-order valence-corrected chi connectivity index (χ1v) is 8.39. The molecule has 0 saturated heterocycles. The molecule has 1 fully saturated rings. The van der Waals surface area contributed by atoms with Gasteiger partial charge in [-0.15, -0.1) is 0 Å². The maximum absolute atomic E-state index is 14.3. The van der Waals surface area contributed by atoms with Crippen LogP contribution >= 0.6 is 0 Å². The molecule has 0 amide bonds. The predicted molar refractivity (Wildman–Crippen MR) is 83.4 cm³/mol. The molecule has 0 aromatic carbocycles. The van der Waals surface area contributed by atoms with Crippen LogP contribution in [-0.2, 0) is 0 Å². The van der Waals surface area contributed by atoms with Gasteiger partial charge in [0.1, 0.15) is 0 Å². The summed E-state index contributed by atoms with van der Waals surface area (Å²) in [5.41, 5.74) is 2.73. The van der Waals surface area contributed by atoms with E-state index in [0.29, 0.717) is 24.5 Å². The van der Waals surface area contributed by atoms with Crippen molar-refractivity contribution in [1.29, 1.82) is 0 Å². The summed E-state index contributed by atoms with van der Waals surface area (Å²) in [6.45, 7) is 0.508. The van der Waals surface area contributed by atoms with E-state index in [9.17, 15) is 9.50 Å². The molecule has 1 N–H and O–H groups in total. The standard InChI is InChI=1S/C17H22FN3O/c18-17-16-12(6-7-20-17)14-9-19-10-21(14)13(16)8-15(22)11-4-2-1-3-5-11/h9-11,13,15,22H,1-8H2. The average molecular weight is 303 g/mol. The van der Waals surface area contributed by atoms with Gasteiger partial charge in [0.15, 0.2) is 0 Å². The predicted octanol–water partition coefficient (Wildman–Crippen LogP) is 3.29. The van der Waals surface area contributed by atoms with Crippen molar-refractivity contribution in [1.82, 2.24) is 9.55 Å². The van der Waals surface area contributed by atoms with Gasteiger partial charge in [0.2, 0.25) is 5.97 Å². The molecule has 0 spiro atoms. The summed E-state index contributed by atoms with van der Waals surface area (Å²) < 4.78 is 16.3. The summed E-state index contributed by atoms with van der Waals surface area (Å²) >= 11 is 0. The van der Waals surface area contributed by atoms with Crippen molar-refractivity contribution in [3.8, 4) is 0 Å². The molecule has 0 radical (unpaired) electrons. The van der Waals surface area contributed by atoms with Crippen molar-refractivity contribution in [2.75, 3.05) is 6.54 Å². The molecule has 2 unspecified atom stereocenters. The Hall–Kier alpha value is -1.49. The second-order valence-electron chi connectivity index (χ2n) is 6.72. The first-order chi connectivity index (χ1) is 10.8. The Morgan fingerprint density at radius 2 is 2.14 bits per heavy atom. The monoisotopic (exact) mass is 303 g/mol. The Morgan fingerprint density at radius 3 is 2.95 bits per heavy atom. The van der Waals surface area contributed by atoms with Crippen molar-refractivity contribution < 1.29 is 9.50 Å². The molecule has 4 rings (SSSR count). The molecule has 0 bridgehead atoms. The topological polar surface area (TPSA) is 50.4 Å². The molecule has 2 aliphatic heterocycles. The van der Waals surface area contributed by atoms with Crippen LogP contribution in [0.15, 0.2) is 23.1 Å². The summed E-state index contributed by atoms with van der Waals surface area (Å²) in [5.74, 6) is 0.0137. The smallest absolute Gasteiger partial charge is 0.214 e. The first kappa shape index (κ1) is 14.1. The molecular formula is C17H22FN3O. The third-order valence-corrected chi connectivity index (χ3v) is 5.46. The van der Waals surface area contributed by atoms with E-state index in [1.807, 2.05) is 4.57 Å². The Labute approximate surface area is 129 Å². The number of hydrogen-bond acceptors (Lipinski definition) is 3. The van der Waals surface area contributed by atoms with Gasteiger partial charge >= 0.3 is 0 Å². The second kappa shape index (κ2) is 5.61. The van der Waals surface area contributed by atoms with Gasteiger partial charge in [0, 0.05) is 12.1 Å². The number of hydrogen-bond donors (Lipinski definition) is 1. The summed E-state index contributed by atoms with van der Waals surface area (Å²) in [5, 5.41) is 10.7. The van der Waals surface area contributed by atoms with E-state index >= 15 is 0 Å². The molecule has 5 heteroatoms. The summed E-state index contributed by atoms with van der Waals surface area (Å²) in [4.78, 5) is 8.20. The van der Waals surface area contributed by atoms with Gasteiger partial charge in [0.25, 0.3) is 0 Å². The highest BCUT2D eigenvalue weighted by molar-refractivity contribution is 6.03. The average Bonchev–Trinajstić information content (AvgIpc) is 3.12. The zero-order valence-corrected chi connectivity index (χ0v) is 12.7. The molecule has 2 atom stereocenters. The molecular weight excluding hydrogens is 281 g/mol. The van der Waals surface area contributed by atoms with E-state index in [2.05, 4.69) is 9.98 Å². The quantitative estimate of drug-likeness (QED) is 0.931. The minimum absolute atomic E-state index is 0.145. The van der Waals surface area contributed by atoms with E-state index < -0.39 is 0 Å². The number of halogens is 1. The fourth-order valence-electron chi connectivity index (χ4n) is 4.31. The minimum Gasteiger partial charge on any atom is -0.393 e. The van der Waals surface area contributed by atoms with Crippen LogP contribution in [-0.4, -0.2) is 33.3 Å².